The Hall–Kier alpha value is -2.55. The van der Waals surface area contributed by atoms with Crippen molar-refractivity contribution in [1.82, 2.24) is 19.7 Å². The van der Waals surface area contributed by atoms with Gasteiger partial charge < -0.3 is 14.1 Å². The first-order valence-electron chi connectivity index (χ1n) is 10.4. The molecule has 3 atom stereocenters. The zero-order valence-corrected chi connectivity index (χ0v) is 19.3. The van der Waals surface area contributed by atoms with Crippen molar-refractivity contribution < 1.29 is 13.9 Å². The first kappa shape index (κ1) is 21.3. The second-order valence-electron chi connectivity index (χ2n) is 8.28. The number of rotatable bonds is 6. The predicted molar refractivity (Wildman–Crippen MR) is 121 cm³/mol. The molecule has 32 heavy (non-hydrogen) atoms. The fourth-order valence-electron chi connectivity index (χ4n) is 4.83. The molecule has 2 saturated heterocycles. The SMILES string of the molecule is COc1cc(N2CC3CN(C(C=O)n4nc(-c5ncco5)c(Cl)c4C)CC3C2)ccc1Cl. The molecule has 2 fully saturated rings. The lowest BCUT2D eigenvalue weighted by Gasteiger charge is -2.27. The zero-order valence-electron chi connectivity index (χ0n) is 17.7. The van der Waals surface area contributed by atoms with Crippen LogP contribution in [0.25, 0.3) is 11.6 Å². The highest BCUT2D eigenvalue weighted by atomic mass is 35.5. The van der Waals surface area contributed by atoms with E-state index in [1.165, 1.54) is 6.26 Å². The molecule has 8 nitrogen and oxygen atoms in total. The molecule has 0 aliphatic carbocycles. The van der Waals surface area contributed by atoms with E-state index in [0.717, 1.165) is 38.2 Å². The molecule has 0 bridgehead atoms. The molecule has 4 heterocycles. The monoisotopic (exact) mass is 475 g/mol. The Labute approximate surface area is 195 Å². The van der Waals surface area contributed by atoms with Crippen LogP contribution in [0.1, 0.15) is 11.9 Å². The van der Waals surface area contributed by atoms with Crippen molar-refractivity contribution in [2.45, 2.75) is 13.1 Å². The highest BCUT2D eigenvalue weighted by molar-refractivity contribution is 6.33. The lowest BCUT2D eigenvalue weighted by atomic mass is 10.0. The van der Waals surface area contributed by atoms with Crippen LogP contribution in [0, 0.1) is 18.8 Å². The number of hydrogen-bond acceptors (Lipinski definition) is 7. The second-order valence-corrected chi connectivity index (χ2v) is 9.06. The van der Waals surface area contributed by atoms with Crippen LogP contribution in [0.4, 0.5) is 5.69 Å². The number of aromatic nitrogens is 3. The molecule has 2 aliphatic heterocycles. The van der Waals surface area contributed by atoms with Gasteiger partial charge in [0.2, 0.25) is 5.89 Å². The Morgan fingerprint density at radius 1 is 1.22 bits per heavy atom. The molecule has 0 radical (unpaired) electrons. The van der Waals surface area contributed by atoms with E-state index < -0.39 is 6.17 Å². The van der Waals surface area contributed by atoms with E-state index in [9.17, 15) is 4.79 Å². The fourth-order valence-corrected chi connectivity index (χ4v) is 5.23. The highest BCUT2D eigenvalue weighted by Crippen LogP contribution is 2.39. The molecule has 5 rings (SSSR count). The van der Waals surface area contributed by atoms with Crippen molar-refractivity contribution in [3.8, 4) is 17.3 Å². The van der Waals surface area contributed by atoms with Gasteiger partial charge in [0.05, 0.1) is 29.0 Å². The van der Waals surface area contributed by atoms with Crippen LogP contribution in [0.2, 0.25) is 10.0 Å². The Morgan fingerprint density at radius 3 is 2.59 bits per heavy atom. The molecule has 10 heteroatoms. The van der Waals surface area contributed by atoms with Crippen molar-refractivity contribution in [1.29, 1.82) is 0 Å². The number of likely N-dealkylation sites (tertiary alicyclic amines) is 1. The van der Waals surface area contributed by atoms with Crippen LogP contribution >= 0.6 is 23.2 Å². The molecular weight excluding hydrogens is 453 g/mol. The van der Waals surface area contributed by atoms with Crippen molar-refractivity contribution in [2.24, 2.45) is 11.8 Å². The summed E-state index contributed by atoms with van der Waals surface area (Å²) < 4.78 is 12.4. The Morgan fingerprint density at radius 2 is 1.97 bits per heavy atom. The van der Waals surface area contributed by atoms with Gasteiger partial charge in [-0.25, -0.2) is 9.67 Å². The molecule has 2 aliphatic rings. The number of fused-ring (bicyclic) bond motifs is 1. The van der Waals surface area contributed by atoms with Gasteiger partial charge in [-0.1, -0.05) is 23.2 Å². The number of hydrogen-bond donors (Lipinski definition) is 0. The summed E-state index contributed by atoms with van der Waals surface area (Å²) in [5.74, 6) is 1.93. The van der Waals surface area contributed by atoms with Gasteiger partial charge in [-0.2, -0.15) is 5.10 Å². The smallest absolute Gasteiger partial charge is 0.248 e. The number of halogens is 2. The maximum Gasteiger partial charge on any atom is 0.248 e. The van der Waals surface area contributed by atoms with Crippen molar-refractivity contribution in [3.05, 3.63) is 46.4 Å². The van der Waals surface area contributed by atoms with Crippen LogP contribution in [0.5, 0.6) is 5.75 Å². The molecule has 2 aromatic heterocycles. The van der Waals surface area contributed by atoms with Gasteiger partial charge >= 0.3 is 0 Å². The summed E-state index contributed by atoms with van der Waals surface area (Å²) in [6.45, 7) is 5.29. The summed E-state index contributed by atoms with van der Waals surface area (Å²) in [6.07, 6.45) is 3.42. The van der Waals surface area contributed by atoms with E-state index in [1.54, 1.807) is 18.0 Å². The summed E-state index contributed by atoms with van der Waals surface area (Å²) in [7, 11) is 1.62. The molecule has 168 valence electrons. The van der Waals surface area contributed by atoms with Gasteiger partial charge in [0, 0.05) is 37.9 Å². The van der Waals surface area contributed by atoms with Crippen molar-refractivity contribution in [2.75, 3.05) is 38.2 Å². The number of nitrogens with zero attached hydrogens (tertiary/aromatic N) is 5. The number of oxazole rings is 1. The summed E-state index contributed by atoms with van der Waals surface area (Å²) >= 11 is 12.7. The van der Waals surface area contributed by atoms with Gasteiger partial charge in [0.25, 0.3) is 0 Å². The van der Waals surface area contributed by atoms with Gasteiger partial charge in [0.15, 0.2) is 18.1 Å². The minimum absolute atomic E-state index is 0.342. The third kappa shape index (κ3) is 3.56. The summed E-state index contributed by atoms with van der Waals surface area (Å²) in [5.41, 5.74) is 2.26. The Kier molecular flexibility index (Phi) is 5.61. The van der Waals surface area contributed by atoms with E-state index in [2.05, 4.69) is 19.9 Å². The first-order chi connectivity index (χ1) is 15.5. The third-order valence-electron chi connectivity index (χ3n) is 6.47. The van der Waals surface area contributed by atoms with E-state index in [1.807, 2.05) is 25.1 Å². The number of benzene rings is 1. The van der Waals surface area contributed by atoms with Crippen molar-refractivity contribution in [3.63, 3.8) is 0 Å². The summed E-state index contributed by atoms with van der Waals surface area (Å²) in [4.78, 5) is 20.8. The van der Waals surface area contributed by atoms with Crippen LogP contribution in [0.15, 0.2) is 35.1 Å². The minimum Gasteiger partial charge on any atom is -0.495 e. The maximum atomic E-state index is 12.1. The molecule has 0 amide bonds. The van der Waals surface area contributed by atoms with Crippen LogP contribution in [-0.4, -0.2) is 59.2 Å². The Balaban J connectivity index is 1.32. The predicted octanol–water partition coefficient (Wildman–Crippen LogP) is 3.93. The van der Waals surface area contributed by atoms with E-state index in [4.69, 9.17) is 32.4 Å². The van der Waals surface area contributed by atoms with E-state index in [0.29, 0.717) is 44.9 Å². The number of carbonyl (C=O) groups is 1. The molecule has 3 unspecified atom stereocenters. The quantitative estimate of drug-likeness (QED) is 0.499. The summed E-state index contributed by atoms with van der Waals surface area (Å²) in [5, 5.41) is 5.62. The lowest BCUT2D eigenvalue weighted by molar-refractivity contribution is -0.115. The average Bonchev–Trinajstić information content (AvgIpc) is 3.56. The third-order valence-corrected chi connectivity index (χ3v) is 7.24. The van der Waals surface area contributed by atoms with Gasteiger partial charge in [-0.3, -0.25) is 9.69 Å². The molecule has 0 N–H and O–H groups in total. The highest BCUT2D eigenvalue weighted by Gasteiger charge is 2.43. The molecule has 0 saturated carbocycles. The molecule has 3 aromatic rings. The van der Waals surface area contributed by atoms with Crippen LogP contribution in [-0.2, 0) is 4.79 Å². The number of ether oxygens (including phenoxy) is 1. The van der Waals surface area contributed by atoms with E-state index >= 15 is 0 Å². The first-order valence-corrected chi connectivity index (χ1v) is 11.2. The number of anilines is 1. The van der Waals surface area contributed by atoms with Gasteiger partial charge in [-0.05, 0) is 30.9 Å². The van der Waals surface area contributed by atoms with E-state index in [-0.39, 0.29) is 0 Å². The molecule has 0 spiro atoms. The van der Waals surface area contributed by atoms with Crippen LogP contribution in [0.3, 0.4) is 0 Å². The number of aldehydes is 1. The minimum atomic E-state index is -0.522. The topological polar surface area (TPSA) is 76.6 Å². The normalized spacial score (nSPS) is 21.7. The lowest BCUT2D eigenvalue weighted by Crippen LogP contribution is -2.36. The zero-order chi connectivity index (χ0) is 22.4. The standard InChI is InChI=1S/C22H23Cl2N5O3/c1-13-20(24)21(22-25-5-6-32-22)26-29(13)19(12-30)28-10-14-8-27(9-15(14)11-28)16-3-4-17(23)18(7-16)31-2/h3-7,12,14-15,19H,8-11H2,1-2H3. The number of carbonyl (C=O) groups excluding carboxylic acids is 1. The van der Waals surface area contributed by atoms with Gasteiger partial charge in [0.1, 0.15) is 12.0 Å². The Bertz CT molecular complexity index is 1120. The average molecular weight is 476 g/mol. The number of methoxy groups -OCH3 is 1. The molecular formula is C22H23Cl2N5O3. The summed E-state index contributed by atoms with van der Waals surface area (Å²) in [6, 6.07) is 5.88. The van der Waals surface area contributed by atoms with Crippen LogP contribution < -0.4 is 9.64 Å². The maximum absolute atomic E-state index is 12.1. The van der Waals surface area contributed by atoms with Gasteiger partial charge in [-0.15, -0.1) is 0 Å². The molecule has 1 aromatic carbocycles. The fraction of sp³-hybridized carbons (Fsp3) is 0.409. The second kappa shape index (κ2) is 8.42. The largest absolute Gasteiger partial charge is 0.495 e. The van der Waals surface area contributed by atoms with Crippen molar-refractivity contribution >= 4 is 35.2 Å².